The maximum atomic E-state index is 10.9. The Morgan fingerprint density at radius 1 is 0.929 bits per heavy atom. The molecule has 0 aliphatic heterocycles. The molecule has 0 aromatic heterocycles. The molecule has 1 rings (SSSR count). The molecule has 0 saturated heterocycles. The van der Waals surface area contributed by atoms with Gasteiger partial charge in [0.2, 0.25) is 0 Å². The zero-order valence-corrected chi connectivity index (χ0v) is 8.48. The van der Waals surface area contributed by atoms with Crippen molar-refractivity contribution in [1.82, 2.24) is 0 Å². The van der Waals surface area contributed by atoms with Crippen LogP contribution in [-0.4, -0.2) is 11.1 Å². The Kier molecular flexibility index (Phi) is 5.05. The number of carbonyl (C=O) groups is 1. The van der Waals surface area contributed by atoms with Gasteiger partial charge in [-0.05, 0) is 38.5 Å². The summed E-state index contributed by atoms with van der Waals surface area (Å²) in [6.45, 7) is 0. The van der Waals surface area contributed by atoms with E-state index >= 15 is 0 Å². The van der Waals surface area contributed by atoms with Gasteiger partial charge in [-0.15, -0.1) is 0 Å². The van der Waals surface area contributed by atoms with Crippen molar-refractivity contribution in [1.29, 1.82) is 0 Å². The first kappa shape index (κ1) is 11.0. The molecule has 14 heavy (non-hydrogen) atoms. The fourth-order valence-electron chi connectivity index (χ4n) is 1.65. The number of carboxylic acid groups (broad SMARTS) is 1. The Labute approximate surface area is 85.3 Å². The monoisotopic (exact) mass is 194 g/mol. The van der Waals surface area contributed by atoms with Crippen LogP contribution in [0.25, 0.3) is 0 Å². The van der Waals surface area contributed by atoms with E-state index in [2.05, 4.69) is 24.3 Å². The van der Waals surface area contributed by atoms with Crippen molar-refractivity contribution in [2.45, 2.75) is 38.5 Å². The first-order valence-corrected chi connectivity index (χ1v) is 5.33. The van der Waals surface area contributed by atoms with Gasteiger partial charge >= 0.3 is 5.97 Å². The molecule has 0 fully saturated rings. The van der Waals surface area contributed by atoms with Gasteiger partial charge in [-0.3, -0.25) is 4.79 Å². The topological polar surface area (TPSA) is 37.3 Å². The van der Waals surface area contributed by atoms with Crippen molar-refractivity contribution in [2.24, 2.45) is 5.92 Å². The fraction of sp³-hybridized carbons (Fsp3) is 0.583. The Bertz CT molecular complexity index is 210. The quantitative estimate of drug-likeness (QED) is 0.651. The first-order valence-electron chi connectivity index (χ1n) is 5.33. The van der Waals surface area contributed by atoms with Crippen molar-refractivity contribution in [3.8, 4) is 0 Å². The van der Waals surface area contributed by atoms with Crippen LogP contribution in [0.15, 0.2) is 24.3 Å². The molecule has 1 unspecified atom stereocenters. The third kappa shape index (κ3) is 4.26. The van der Waals surface area contributed by atoms with Crippen LogP contribution >= 0.6 is 0 Å². The Morgan fingerprint density at radius 2 is 1.36 bits per heavy atom. The number of aliphatic carboxylic acids is 1. The minimum absolute atomic E-state index is 0.164. The van der Waals surface area contributed by atoms with Gasteiger partial charge in [0.1, 0.15) is 0 Å². The summed E-state index contributed by atoms with van der Waals surface area (Å²) in [5.74, 6) is -0.812. The van der Waals surface area contributed by atoms with Crippen LogP contribution in [0.3, 0.4) is 0 Å². The second-order valence-electron chi connectivity index (χ2n) is 3.71. The fourth-order valence-corrected chi connectivity index (χ4v) is 1.65. The highest BCUT2D eigenvalue weighted by Gasteiger charge is 2.15. The smallest absolute Gasteiger partial charge is 0.306 e. The number of rotatable bonds is 1. The highest BCUT2D eigenvalue weighted by Crippen LogP contribution is 2.16. The summed E-state index contributed by atoms with van der Waals surface area (Å²) >= 11 is 0. The SMILES string of the molecule is O=C(O)C1CC/C=C\CC/C=C/CC1. The maximum Gasteiger partial charge on any atom is 0.306 e. The third-order valence-corrected chi connectivity index (χ3v) is 2.55. The highest BCUT2D eigenvalue weighted by molar-refractivity contribution is 5.69. The third-order valence-electron chi connectivity index (χ3n) is 2.55. The van der Waals surface area contributed by atoms with Gasteiger partial charge in [0.05, 0.1) is 5.92 Å². The highest BCUT2D eigenvalue weighted by atomic mass is 16.4. The predicted molar refractivity (Wildman–Crippen MR) is 57.1 cm³/mol. The Balaban J connectivity index is 2.48. The van der Waals surface area contributed by atoms with Crippen LogP contribution in [-0.2, 0) is 4.79 Å². The molecule has 1 atom stereocenters. The molecular formula is C12H18O2. The van der Waals surface area contributed by atoms with E-state index in [-0.39, 0.29) is 5.92 Å². The summed E-state index contributed by atoms with van der Waals surface area (Å²) in [4.78, 5) is 10.9. The lowest BCUT2D eigenvalue weighted by Crippen LogP contribution is -2.12. The molecule has 0 saturated carbocycles. The molecule has 1 N–H and O–H groups in total. The number of carboxylic acids is 1. The van der Waals surface area contributed by atoms with E-state index in [0.717, 1.165) is 38.5 Å². The number of hydrogen-bond acceptors (Lipinski definition) is 1. The van der Waals surface area contributed by atoms with Crippen molar-refractivity contribution < 1.29 is 9.90 Å². The van der Waals surface area contributed by atoms with Crippen molar-refractivity contribution in [3.63, 3.8) is 0 Å². The van der Waals surface area contributed by atoms with Crippen LogP contribution < -0.4 is 0 Å². The zero-order chi connectivity index (χ0) is 10.2. The summed E-state index contributed by atoms with van der Waals surface area (Å²) in [5.41, 5.74) is 0. The van der Waals surface area contributed by atoms with E-state index in [9.17, 15) is 4.79 Å². The van der Waals surface area contributed by atoms with Crippen LogP contribution in [0.5, 0.6) is 0 Å². The Hall–Kier alpha value is -1.05. The molecule has 0 aromatic carbocycles. The van der Waals surface area contributed by atoms with Crippen LogP contribution in [0.1, 0.15) is 38.5 Å². The lowest BCUT2D eigenvalue weighted by atomic mass is 9.98. The van der Waals surface area contributed by atoms with Gasteiger partial charge in [-0.1, -0.05) is 24.3 Å². The molecule has 0 heterocycles. The summed E-state index contributed by atoms with van der Waals surface area (Å²) in [7, 11) is 0. The zero-order valence-electron chi connectivity index (χ0n) is 8.48. The summed E-state index contributed by atoms with van der Waals surface area (Å²) in [5, 5.41) is 8.94. The summed E-state index contributed by atoms with van der Waals surface area (Å²) in [6, 6.07) is 0. The molecule has 2 nitrogen and oxygen atoms in total. The largest absolute Gasteiger partial charge is 0.481 e. The molecule has 0 bridgehead atoms. The Morgan fingerprint density at radius 3 is 1.79 bits per heavy atom. The molecule has 0 spiro atoms. The molecule has 0 amide bonds. The molecule has 2 heteroatoms. The predicted octanol–water partition coefficient (Wildman–Crippen LogP) is 3.15. The lowest BCUT2D eigenvalue weighted by Gasteiger charge is -2.08. The van der Waals surface area contributed by atoms with Crippen LogP contribution in [0.2, 0.25) is 0 Å². The molecule has 0 aromatic rings. The molecule has 1 aliphatic carbocycles. The van der Waals surface area contributed by atoms with Crippen molar-refractivity contribution in [2.75, 3.05) is 0 Å². The summed E-state index contributed by atoms with van der Waals surface area (Å²) < 4.78 is 0. The van der Waals surface area contributed by atoms with E-state index in [4.69, 9.17) is 5.11 Å². The van der Waals surface area contributed by atoms with Crippen molar-refractivity contribution >= 4 is 5.97 Å². The second kappa shape index (κ2) is 6.41. The van der Waals surface area contributed by atoms with E-state index in [1.807, 2.05) is 0 Å². The standard InChI is InChI=1S/C12H18O2/c13-12(14)11-9-7-5-3-1-2-4-6-8-10-11/h3-6,11H,1-2,7-10H2,(H,13,14)/b5-3-,6-4+. The van der Waals surface area contributed by atoms with Crippen molar-refractivity contribution in [3.05, 3.63) is 24.3 Å². The van der Waals surface area contributed by atoms with E-state index < -0.39 is 5.97 Å². The number of hydrogen-bond donors (Lipinski definition) is 1. The maximum absolute atomic E-state index is 10.9. The van der Waals surface area contributed by atoms with Gasteiger partial charge in [-0.2, -0.15) is 0 Å². The van der Waals surface area contributed by atoms with E-state index in [0.29, 0.717) is 0 Å². The molecule has 1 aliphatic rings. The average Bonchev–Trinajstić information content (AvgIpc) is 2.21. The van der Waals surface area contributed by atoms with Gasteiger partial charge < -0.3 is 5.11 Å². The van der Waals surface area contributed by atoms with E-state index in [1.54, 1.807) is 0 Å². The first-order chi connectivity index (χ1) is 6.80. The normalized spacial score (nSPS) is 28.7. The van der Waals surface area contributed by atoms with Crippen LogP contribution in [0, 0.1) is 5.92 Å². The minimum atomic E-state index is -0.647. The number of allylic oxidation sites excluding steroid dienone is 4. The average molecular weight is 194 g/mol. The van der Waals surface area contributed by atoms with Gasteiger partial charge in [0.25, 0.3) is 0 Å². The molecule has 78 valence electrons. The van der Waals surface area contributed by atoms with Crippen LogP contribution in [0.4, 0.5) is 0 Å². The van der Waals surface area contributed by atoms with Gasteiger partial charge in [0, 0.05) is 0 Å². The van der Waals surface area contributed by atoms with Gasteiger partial charge in [-0.25, -0.2) is 0 Å². The minimum Gasteiger partial charge on any atom is -0.481 e. The lowest BCUT2D eigenvalue weighted by molar-refractivity contribution is -0.142. The molecule has 0 radical (unpaired) electrons. The van der Waals surface area contributed by atoms with Gasteiger partial charge in [0.15, 0.2) is 0 Å². The molecular weight excluding hydrogens is 176 g/mol. The van der Waals surface area contributed by atoms with E-state index in [1.165, 1.54) is 0 Å². The summed E-state index contributed by atoms with van der Waals surface area (Å²) in [6.07, 6.45) is 14.0. The second-order valence-corrected chi connectivity index (χ2v) is 3.71.